The molecule has 0 aliphatic heterocycles. The predicted molar refractivity (Wildman–Crippen MR) is 93.6 cm³/mol. The van der Waals surface area contributed by atoms with Gasteiger partial charge in [0.05, 0.1) is 16.1 Å². The Bertz CT molecular complexity index is 1070. The second-order valence-electron chi connectivity index (χ2n) is 5.75. The number of nitrogens with zero attached hydrogens (tertiary/aromatic N) is 4. The van der Waals surface area contributed by atoms with Gasteiger partial charge in [-0.05, 0) is 38.0 Å². The summed E-state index contributed by atoms with van der Waals surface area (Å²) in [7, 11) is 0. The number of aromatic nitrogens is 3. The van der Waals surface area contributed by atoms with E-state index in [1.165, 1.54) is 0 Å². The largest absolute Gasteiger partial charge is 0.504 e. The van der Waals surface area contributed by atoms with Crippen molar-refractivity contribution in [3.63, 3.8) is 0 Å². The average molecular weight is 393 g/mol. The molecule has 0 saturated carbocycles. The molecule has 0 unspecified atom stereocenters. The van der Waals surface area contributed by atoms with Crippen LogP contribution in [-0.2, 0) is 0 Å². The highest BCUT2D eigenvalue weighted by molar-refractivity contribution is 6.09. The van der Waals surface area contributed by atoms with Gasteiger partial charge in [0.1, 0.15) is 11.9 Å². The normalized spacial score (nSPS) is 10.8. The number of aromatic hydroxyl groups is 2. The number of benzene rings is 1. The van der Waals surface area contributed by atoms with Crippen LogP contribution in [0.25, 0.3) is 22.8 Å². The maximum absolute atomic E-state index is 11.0. The lowest BCUT2D eigenvalue weighted by atomic mass is 10.0. The van der Waals surface area contributed by atoms with E-state index in [0.717, 1.165) is 29.0 Å². The van der Waals surface area contributed by atoms with Crippen molar-refractivity contribution in [3.8, 4) is 40.2 Å². The van der Waals surface area contributed by atoms with Crippen LogP contribution in [0.4, 0.5) is 5.69 Å². The zero-order valence-corrected chi connectivity index (χ0v) is 15.1. The molecule has 3 rings (SSSR count). The molecule has 140 valence electrons. The van der Waals surface area contributed by atoms with Crippen LogP contribution in [0.5, 0.6) is 17.4 Å². The first-order chi connectivity index (χ1) is 12.7. The molecule has 0 saturated heterocycles. The van der Waals surface area contributed by atoms with Gasteiger partial charge in [-0.25, -0.2) is 4.98 Å². The molecule has 0 bridgehead atoms. The number of halogens is 1. The molecule has 0 radical (unpaired) electrons. The monoisotopic (exact) mass is 392 g/mol. The van der Waals surface area contributed by atoms with E-state index in [1.807, 2.05) is 13.8 Å². The summed E-state index contributed by atoms with van der Waals surface area (Å²) in [5, 5.41) is 34.2. The van der Waals surface area contributed by atoms with Gasteiger partial charge in [-0.2, -0.15) is 4.98 Å². The van der Waals surface area contributed by atoms with Crippen LogP contribution in [0.15, 0.2) is 16.7 Å². The summed E-state index contributed by atoms with van der Waals surface area (Å²) in [4.78, 5) is 18.6. The van der Waals surface area contributed by atoms with Crippen molar-refractivity contribution >= 4 is 17.6 Å². The van der Waals surface area contributed by atoms with Crippen LogP contribution in [-0.4, -0.2) is 30.3 Å². The fraction of sp³-hybridized carbons (Fsp3) is 0.188. The Kier molecular flexibility index (Phi) is 4.58. The molecule has 0 amide bonds. The Morgan fingerprint density at radius 1 is 1.19 bits per heavy atom. The molecule has 11 heteroatoms. The lowest BCUT2D eigenvalue weighted by Gasteiger charge is -2.10. The van der Waals surface area contributed by atoms with Crippen LogP contribution in [0.3, 0.4) is 0 Å². The summed E-state index contributed by atoms with van der Waals surface area (Å²) < 4.78 is 9.95. The molecule has 3 aromatic rings. The van der Waals surface area contributed by atoms with E-state index in [4.69, 9.17) is 20.7 Å². The minimum Gasteiger partial charge on any atom is -0.504 e. The fourth-order valence-electron chi connectivity index (χ4n) is 2.54. The maximum atomic E-state index is 11.0. The highest BCUT2D eigenvalue weighted by Crippen LogP contribution is 2.40. The van der Waals surface area contributed by atoms with Crippen molar-refractivity contribution in [2.45, 2.75) is 20.8 Å². The highest BCUT2D eigenvalue weighted by Gasteiger charge is 2.24. The predicted octanol–water partition coefficient (Wildman–Crippen LogP) is 3.58. The molecule has 0 atom stereocenters. The van der Waals surface area contributed by atoms with Gasteiger partial charge >= 0.3 is 5.69 Å². The van der Waals surface area contributed by atoms with Crippen molar-refractivity contribution in [1.82, 2.24) is 15.1 Å². The molecule has 0 fully saturated rings. The zero-order valence-electron chi connectivity index (χ0n) is 14.3. The number of nitro groups is 1. The number of phenolic OH excluding ortho intramolecular Hbond substituents is 2. The summed E-state index contributed by atoms with van der Waals surface area (Å²) in [6, 6.07) is 2.08. The summed E-state index contributed by atoms with van der Waals surface area (Å²) in [5.74, 6) is -1.46. The third kappa shape index (κ3) is 3.10. The van der Waals surface area contributed by atoms with Gasteiger partial charge < -0.3 is 19.0 Å². The number of hydrogen-bond acceptors (Lipinski definition) is 9. The Hall–Kier alpha value is -3.40. The van der Waals surface area contributed by atoms with Crippen LogP contribution in [0.1, 0.15) is 16.8 Å². The van der Waals surface area contributed by atoms with E-state index >= 15 is 0 Å². The quantitative estimate of drug-likeness (QED) is 0.386. The molecule has 2 N–H and O–H groups in total. The second-order valence-corrected chi connectivity index (χ2v) is 5.90. The Balaban J connectivity index is 2.15. The van der Waals surface area contributed by atoms with Crippen LogP contribution < -0.4 is 4.29 Å². The van der Waals surface area contributed by atoms with Gasteiger partial charge in [-0.15, -0.1) is 0 Å². The highest BCUT2D eigenvalue weighted by atomic mass is 35.5. The number of nitro benzene ring substituents is 1. The van der Waals surface area contributed by atoms with Crippen molar-refractivity contribution in [1.29, 1.82) is 0 Å². The third-order valence-electron chi connectivity index (χ3n) is 4.20. The van der Waals surface area contributed by atoms with Gasteiger partial charge in [-0.1, -0.05) is 5.16 Å². The Morgan fingerprint density at radius 3 is 2.52 bits per heavy atom. The first kappa shape index (κ1) is 18.4. The molecular weight excluding hydrogens is 380 g/mol. The number of phenols is 2. The lowest BCUT2D eigenvalue weighted by molar-refractivity contribution is -0.385. The van der Waals surface area contributed by atoms with E-state index in [0.29, 0.717) is 5.56 Å². The SMILES string of the molecule is Cc1nc(OCl)c(-c2noc(-c3cc(O)c(O)c([N+](=O)[O-])c3)n2)c(C)c1C. The van der Waals surface area contributed by atoms with Crippen molar-refractivity contribution < 1.29 is 23.9 Å². The minimum atomic E-state index is -0.851. The summed E-state index contributed by atoms with van der Waals surface area (Å²) in [5.41, 5.74) is 2.13. The van der Waals surface area contributed by atoms with Crippen molar-refractivity contribution in [2.24, 2.45) is 0 Å². The van der Waals surface area contributed by atoms with Gasteiger partial charge in [0.15, 0.2) is 5.75 Å². The van der Waals surface area contributed by atoms with E-state index in [1.54, 1.807) is 6.92 Å². The van der Waals surface area contributed by atoms with Gasteiger partial charge in [0.2, 0.25) is 17.5 Å². The van der Waals surface area contributed by atoms with Gasteiger partial charge in [-0.3, -0.25) is 10.1 Å². The van der Waals surface area contributed by atoms with Gasteiger partial charge in [0, 0.05) is 11.8 Å². The molecule has 2 aromatic heterocycles. The Labute approximate surface area is 157 Å². The van der Waals surface area contributed by atoms with Crippen LogP contribution >= 0.6 is 11.9 Å². The molecule has 27 heavy (non-hydrogen) atoms. The van der Waals surface area contributed by atoms with Crippen molar-refractivity contribution in [3.05, 3.63) is 39.1 Å². The zero-order chi connectivity index (χ0) is 19.9. The molecular formula is C16H13ClN4O6. The number of hydrogen-bond donors (Lipinski definition) is 2. The minimum absolute atomic E-state index is 0.0542. The average Bonchev–Trinajstić information content (AvgIpc) is 3.10. The van der Waals surface area contributed by atoms with Crippen LogP contribution in [0.2, 0.25) is 0 Å². The van der Waals surface area contributed by atoms with Crippen molar-refractivity contribution in [2.75, 3.05) is 0 Å². The molecule has 1 aromatic carbocycles. The molecule has 0 spiro atoms. The first-order valence-electron chi connectivity index (χ1n) is 7.55. The summed E-state index contributed by atoms with van der Waals surface area (Å²) >= 11 is 5.51. The molecule has 0 aliphatic carbocycles. The molecule has 0 aliphatic rings. The number of pyridine rings is 1. The smallest absolute Gasteiger partial charge is 0.315 e. The van der Waals surface area contributed by atoms with E-state index in [2.05, 4.69) is 15.1 Å². The second kappa shape index (κ2) is 6.72. The third-order valence-corrected chi connectivity index (χ3v) is 4.35. The van der Waals surface area contributed by atoms with Crippen LogP contribution in [0, 0.1) is 30.9 Å². The van der Waals surface area contributed by atoms with E-state index in [9.17, 15) is 20.3 Å². The van der Waals surface area contributed by atoms with E-state index < -0.39 is 22.1 Å². The molecule has 10 nitrogen and oxygen atoms in total. The number of aryl methyl sites for hydroxylation is 1. The Morgan fingerprint density at radius 2 is 1.89 bits per heavy atom. The summed E-state index contributed by atoms with van der Waals surface area (Å²) in [6.45, 7) is 5.47. The molecule has 2 heterocycles. The van der Waals surface area contributed by atoms with Gasteiger partial charge in [0.25, 0.3) is 5.89 Å². The maximum Gasteiger partial charge on any atom is 0.315 e. The fourth-order valence-corrected chi connectivity index (χ4v) is 2.65. The van der Waals surface area contributed by atoms with E-state index in [-0.39, 0.29) is 23.2 Å². The standard InChI is InChI=1S/C16H13ClN4O6/c1-6-7(2)12(16(26-17)18-8(6)3)14-19-15(27-20-14)9-4-10(21(24)25)13(23)11(22)5-9/h4-5,22-23H,1-3H3. The lowest BCUT2D eigenvalue weighted by Crippen LogP contribution is -1.99. The summed E-state index contributed by atoms with van der Waals surface area (Å²) in [6.07, 6.45) is 0. The topological polar surface area (TPSA) is 145 Å². The number of rotatable bonds is 4. The first-order valence-corrected chi connectivity index (χ1v) is 7.86.